The number of para-hydroxylation sites is 2. The largest absolute Gasteiger partial charge is 0.385 e. The van der Waals surface area contributed by atoms with Crippen LogP contribution in [0.5, 0.6) is 0 Å². The number of nitrogens with zero attached hydrogens (tertiary/aromatic N) is 6. The van der Waals surface area contributed by atoms with E-state index in [1.807, 2.05) is 34.9 Å². The summed E-state index contributed by atoms with van der Waals surface area (Å²) in [6.45, 7) is 3.90. The molecule has 31 heavy (non-hydrogen) atoms. The number of benzene rings is 1. The predicted molar refractivity (Wildman–Crippen MR) is 123 cm³/mol. The van der Waals surface area contributed by atoms with Crippen LogP contribution in [0.3, 0.4) is 0 Å². The van der Waals surface area contributed by atoms with Crippen LogP contribution < -0.4 is 15.5 Å². The highest BCUT2D eigenvalue weighted by Gasteiger charge is 2.25. The Labute approximate surface area is 180 Å². The van der Waals surface area contributed by atoms with Gasteiger partial charge in [-0.2, -0.15) is 0 Å². The third-order valence-corrected chi connectivity index (χ3v) is 5.97. The number of pyridine rings is 1. The first kappa shape index (κ1) is 19.5. The fourth-order valence-corrected chi connectivity index (χ4v) is 4.35. The van der Waals surface area contributed by atoms with E-state index in [1.165, 1.54) is 0 Å². The number of fused-ring (bicyclic) bond motifs is 5. The predicted octanol–water partition coefficient (Wildman–Crippen LogP) is 1.97. The number of hydrogen-bond donors (Lipinski definition) is 2. The van der Waals surface area contributed by atoms with Crippen molar-refractivity contribution >= 4 is 45.3 Å². The van der Waals surface area contributed by atoms with E-state index in [0.717, 1.165) is 49.5 Å². The van der Waals surface area contributed by atoms with Crippen molar-refractivity contribution in [2.75, 3.05) is 57.5 Å². The Hall–Kier alpha value is -3.46. The van der Waals surface area contributed by atoms with Gasteiger partial charge in [-0.3, -0.25) is 9.20 Å². The Morgan fingerprint density at radius 2 is 1.87 bits per heavy atom. The first-order valence-corrected chi connectivity index (χ1v) is 10.6. The summed E-state index contributed by atoms with van der Waals surface area (Å²) in [5.41, 5.74) is 4.71. The zero-order valence-electron chi connectivity index (χ0n) is 18.0. The van der Waals surface area contributed by atoms with Crippen molar-refractivity contribution in [1.82, 2.24) is 29.6 Å². The summed E-state index contributed by atoms with van der Waals surface area (Å²) >= 11 is 0. The van der Waals surface area contributed by atoms with Crippen molar-refractivity contribution in [2.45, 2.75) is 6.42 Å². The van der Waals surface area contributed by atoms with E-state index in [-0.39, 0.29) is 5.91 Å². The number of carbonyl (C=O) groups is 1. The van der Waals surface area contributed by atoms with Gasteiger partial charge in [-0.05, 0) is 32.1 Å². The molecule has 1 aliphatic rings. The highest BCUT2D eigenvalue weighted by Crippen LogP contribution is 2.32. The third-order valence-electron chi connectivity index (χ3n) is 5.97. The van der Waals surface area contributed by atoms with E-state index in [4.69, 9.17) is 15.0 Å². The fourth-order valence-electron chi connectivity index (χ4n) is 4.35. The normalized spacial score (nSPS) is 15.5. The van der Waals surface area contributed by atoms with Crippen molar-refractivity contribution in [1.29, 1.82) is 0 Å². The van der Waals surface area contributed by atoms with Crippen molar-refractivity contribution in [3.63, 3.8) is 0 Å². The number of imidazole rings is 1. The van der Waals surface area contributed by atoms with Gasteiger partial charge in [0.05, 0.1) is 22.9 Å². The molecule has 9 nitrogen and oxygen atoms in total. The Bertz CT molecular complexity index is 1300. The van der Waals surface area contributed by atoms with Crippen molar-refractivity contribution in [3.05, 3.63) is 36.0 Å². The number of nitrogens with one attached hydrogen (secondary N) is 2. The lowest BCUT2D eigenvalue weighted by Gasteiger charge is -2.22. The number of likely N-dealkylation sites (N-methyl/N-ethyl adjacent to an activating group) is 1. The van der Waals surface area contributed by atoms with Crippen LogP contribution in [0.1, 0.15) is 16.8 Å². The van der Waals surface area contributed by atoms with Crippen LogP contribution in [0.4, 0.5) is 11.5 Å². The van der Waals surface area contributed by atoms with E-state index in [9.17, 15) is 4.79 Å². The van der Waals surface area contributed by atoms with E-state index in [0.29, 0.717) is 28.1 Å². The molecule has 2 N–H and O–H groups in total. The van der Waals surface area contributed by atoms with E-state index >= 15 is 0 Å². The average molecular weight is 419 g/mol. The van der Waals surface area contributed by atoms with Crippen molar-refractivity contribution in [3.8, 4) is 0 Å². The maximum Gasteiger partial charge on any atom is 0.257 e. The molecular weight excluding hydrogens is 392 g/mol. The first-order valence-electron chi connectivity index (χ1n) is 10.6. The molecule has 4 heterocycles. The zero-order chi connectivity index (χ0) is 21.5. The quantitative estimate of drug-likeness (QED) is 0.526. The standard InChI is InChI=1S/C22H26N8O/c1-23-18-17(22(31)24-2)20-26-14-7-4-5-8-15(14)30(20)21-19(18)25-13-16(27-21)29-10-6-9-28(3)11-12-29/h4-5,7-8,13,23H,6,9-12H2,1-3H3,(H,24,31). The molecule has 0 unspecified atom stereocenters. The number of carbonyl (C=O) groups excluding carboxylic acids is 1. The lowest BCUT2D eigenvalue weighted by atomic mass is 10.1. The Balaban J connectivity index is 1.83. The van der Waals surface area contributed by atoms with E-state index in [2.05, 4.69) is 27.5 Å². The molecule has 4 aromatic rings. The number of amides is 1. The van der Waals surface area contributed by atoms with Crippen LogP contribution in [0.25, 0.3) is 27.8 Å². The van der Waals surface area contributed by atoms with Gasteiger partial charge in [0.2, 0.25) is 0 Å². The molecule has 0 aliphatic carbocycles. The average Bonchev–Trinajstić information content (AvgIpc) is 3.05. The Kier molecular flexibility index (Phi) is 4.82. The molecule has 1 fully saturated rings. The molecule has 160 valence electrons. The van der Waals surface area contributed by atoms with Gasteiger partial charge < -0.3 is 20.4 Å². The molecule has 0 atom stereocenters. The summed E-state index contributed by atoms with van der Waals surface area (Å²) in [6.07, 6.45) is 2.89. The van der Waals surface area contributed by atoms with Gasteiger partial charge in [-0.15, -0.1) is 0 Å². The smallest absolute Gasteiger partial charge is 0.257 e. The number of hydrogen-bond acceptors (Lipinski definition) is 7. The Morgan fingerprint density at radius 1 is 1.03 bits per heavy atom. The zero-order valence-corrected chi connectivity index (χ0v) is 18.0. The third kappa shape index (κ3) is 3.12. The fraction of sp³-hybridized carbons (Fsp3) is 0.364. The highest BCUT2D eigenvalue weighted by molar-refractivity contribution is 6.12. The SMILES string of the molecule is CNC(=O)c1c(NC)c2ncc(N3CCCN(C)CC3)nc2n2c1nc1ccccc12. The molecule has 9 heteroatoms. The summed E-state index contributed by atoms with van der Waals surface area (Å²) in [7, 11) is 5.56. The van der Waals surface area contributed by atoms with Gasteiger partial charge in [0.25, 0.3) is 5.91 Å². The lowest BCUT2D eigenvalue weighted by molar-refractivity contribution is 0.0965. The summed E-state index contributed by atoms with van der Waals surface area (Å²) < 4.78 is 1.95. The maximum atomic E-state index is 12.8. The molecule has 5 rings (SSSR count). The topological polar surface area (TPSA) is 90.7 Å². The van der Waals surface area contributed by atoms with Crippen LogP contribution in [0.2, 0.25) is 0 Å². The molecule has 0 radical (unpaired) electrons. The van der Waals surface area contributed by atoms with Gasteiger partial charge >= 0.3 is 0 Å². The number of aromatic nitrogens is 4. The van der Waals surface area contributed by atoms with E-state index < -0.39 is 0 Å². The van der Waals surface area contributed by atoms with Crippen molar-refractivity contribution < 1.29 is 4.79 Å². The molecule has 1 saturated heterocycles. The van der Waals surface area contributed by atoms with Gasteiger partial charge in [0.1, 0.15) is 16.9 Å². The van der Waals surface area contributed by atoms with Gasteiger partial charge in [0, 0.05) is 33.7 Å². The molecule has 0 spiro atoms. The molecule has 0 bridgehead atoms. The highest BCUT2D eigenvalue weighted by atomic mass is 16.1. The maximum absolute atomic E-state index is 12.8. The van der Waals surface area contributed by atoms with Crippen LogP contribution in [-0.2, 0) is 0 Å². The molecule has 1 aromatic carbocycles. The summed E-state index contributed by atoms with van der Waals surface area (Å²) in [5.74, 6) is 0.629. The summed E-state index contributed by atoms with van der Waals surface area (Å²) in [5, 5.41) is 5.91. The second-order valence-electron chi connectivity index (χ2n) is 7.88. The minimum Gasteiger partial charge on any atom is -0.385 e. The van der Waals surface area contributed by atoms with Gasteiger partial charge in [0.15, 0.2) is 11.3 Å². The second kappa shape index (κ2) is 7.66. The Morgan fingerprint density at radius 3 is 2.68 bits per heavy atom. The van der Waals surface area contributed by atoms with E-state index in [1.54, 1.807) is 14.1 Å². The molecule has 3 aromatic heterocycles. The monoisotopic (exact) mass is 418 g/mol. The number of anilines is 2. The lowest BCUT2D eigenvalue weighted by Crippen LogP contribution is -2.29. The molecule has 1 amide bonds. The minimum atomic E-state index is -0.215. The molecular formula is C22H26N8O. The minimum absolute atomic E-state index is 0.215. The van der Waals surface area contributed by atoms with Crippen LogP contribution in [-0.4, -0.2) is 77.5 Å². The summed E-state index contributed by atoms with van der Waals surface area (Å²) in [6, 6.07) is 7.86. The molecule has 0 saturated carbocycles. The van der Waals surface area contributed by atoms with Gasteiger partial charge in [-0.1, -0.05) is 12.1 Å². The number of rotatable bonds is 3. The summed E-state index contributed by atoms with van der Waals surface area (Å²) in [4.78, 5) is 32.1. The van der Waals surface area contributed by atoms with Crippen LogP contribution in [0, 0.1) is 0 Å². The second-order valence-corrected chi connectivity index (χ2v) is 7.88. The molecule has 1 aliphatic heterocycles. The van der Waals surface area contributed by atoms with Gasteiger partial charge in [-0.25, -0.2) is 15.0 Å². The van der Waals surface area contributed by atoms with Crippen molar-refractivity contribution in [2.24, 2.45) is 0 Å². The first-order chi connectivity index (χ1) is 15.1. The van der Waals surface area contributed by atoms with Crippen LogP contribution >= 0.6 is 0 Å². The van der Waals surface area contributed by atoms with Crippen LogP contribution in [0.15, 0.2) is 30.5 Å².